The minimum Gasteiger partial charge on any atom is -0.375 e. The maximum absolute atomic E-state index is 9.95. The highest BCUT2D eigenvalue weighted by Crippen LogP contribution is 1.62. The molecule has 3 N–H and O–H groups in total. The summed E-state index contributed by atoms with van der Waals surface area (Å²) >= 11 is 4.39. The smallest absolute Gasteiger partial charge is 0.276 e. The molecule has 0 aliphatic heterocycles. The molecule has 0 aliphatic carbocycles. The summed E-state index contributed by atoms with van der Waals surface area (Å²) < 4.78 is 0. The van der Waals surface area contributed by atoms with Gasteiger partial charge in [-0.15, -0.1) is 0 Å². The van der Waals surface area contributed by atoms with E-state index in [2.05, 4.69) is 17.5 Å². The van der Waals surface area contributed by atoms with E-state index in [0.29, 0.717) is 0 Å². The number of nitrogens with two attached hydrogens (primary N) is 1. The van der Waals surface area contributed by atoms with Crippen LogP contribution in [0, 0.1) is 0 Å². The van der Waals surface area contributed by atoms with E-state index in [-0.39, 0.29) is 4.99 Å². The third-order valence-electron chi connectivity index (χ3n) is 0.451. The van der Waals surface area contributed by atoms with Gasteiger partial charge in [0.15, 0.2) is 4.99 Å². The van der Waals surface area contributed by atoms with Gasteiger partial charge in [0.2, 0.25) is 0 Å². The lowest BCUT2D eigenvalue weighted by Gasteiger charge is -1.91. The van der Waals surface area contributed by atoms with Crippen LogP contribution in [0.15, 0.2) is 0 Å². The molecule has 7 heavy (non-hydrogen) atoms. The number of carbonyl (C=O) groups excluding carboxylic acids is 1. The van der Waals surface area contributed by atoms with Crippen LogP contribution in [0.4, 0.5) is 0 Å². The van der Waals surface area contributed by atoms with E-state index in [1.165, 1.54) is 0 Å². The number of carbonyl (C=O) groups is 1. The number of amides is 1. The van der Waals surface area contributed by atoms with Gasteiger partial charge >= 0.3 is 0 Å². The average Bonchev–Trinajstić information content (AvgIpc) is 1.65. The molecule has 0 radical (unpaired) electrons. The predicted molar refractivity (Wildman–Crippen MR) is 30.9 cm³/mol. The van der Waals surface area contributed by atoms with Gasteiger partial charge in [-0.05, 0) is 0 Å². The van der Waals surface area contributed by atoms with Crippen molar-refractivity contribution in [3.8, 4) is 0 Å². The molecule has 0 rings (SSSR count). The molecule has 0 saturated carbocycles. The summed E-state index contributed by atoms with van der Waals surface area (Å²) in [6.45, 7) is 0. The van der Waals surface area contributed by atoms with Gasteiger partial charge in [-0.3, -0.25) is 4.79 Å². The molecule has 4 heteroatoms. The number of hydrogen-bond acceptors (Lipinski definition) is 2. The number of rotatable bonds is 0. The number of hydrogen-bond donors (Lipinski definition) is 2. The fourth-order valence-electron chi connectivity index (χ4n) is 0.123. The first-order valence-corrected chi connectivity index (χ1v) is 2.11. The summed E-state index contributed by atoms with van der Waals surface area (Å²) in [6, 6.07) is 0. The maximum Gasteiger partial charge on any atom is 0.276 e. The Morgan fingerprint density at radius 2 is 2.29 bits per heavy atom. The number of nitrogens with one attached hydrogen (secondary N) is 1. The predicted octanol–water partition coefficient (Wildman–Crippen LogP) is -0.982. The van der Waals surface area contributed by atoms with Crippen LogP contribution in [0.2, 0.25) is 0 Å². The molecule has 0 aliphatic rings. The highest BCUT2D eigenvalue weighted by Gasteiger charge is 1.95. The molecule has 0 spiro atoms. The SMILES string of the molecule is CNC(=S)C(N)=O. The normalized spacial score (nSPS) is 7.57. The molecular formula is C3H6N2OS. The maximum atomic E-state index is 9.95. The van der Waals surface area contributed by atoms with E-state index in [0.717, 1.165) is 0 Å². The van der Waals surface area contributed by atoms with Crippen molar-refractivity contribution >= 4 is 23.1 Å². The zero-order chi connectivity index (χ0) is 5.86. The van der Waals surface area contributed by atoms with Gasteiger partial charge in [-0.1, -0.05) is 12.2 Å². The second-order valence-corrected chi connectivity index (χ2v) is 1.35. The van der Waals surface area contributed by atoms with Crippen molar-refractivity contribution in [3.63, 3.8) is 0 Å². The molecule has 0 bridgehead atoms. The van der Waals surface area contributed by atoms with Crippen LogP contribution in [0.3, 0.4) is 0 Å². The van der Waals surface area contributed by atoms with Crippen molar-refractivity contribution in [2.24, 2.45) is 5.73 Å². The molecular weight excluding hydrogens is 112 g/mol. The Morgan fingerprint density at radius 3 is 2.29 bits per heavy atom. The van der Waals surface area contributed by atoms with Gasteiger partial charge in [-0.2, -0.15) is 0 Å². The molecule has 0 fully saturated rings. The zero-order valence-corrected chi connectivity index (χ0v) is 4.71. The average molecular weight is 118 g/mol. The van der Waals surface area contributed by atoms with Gasteiger partial charge in [-0.25, -0.2) is 0 Å². The Morgan fingerprint density at radius 1 is 1.86 bits per heavy atom. The van der Waals surface area contributed by atoms with E-state index in [4.69, 9.17) is 5.73 Å². The van der Waals surface area contributed by atoms with Crippen LogP contribution >= 0.6 is 12.2 Å². The lowest BCUT2D eigenvalue weighted by molar-refractivity contribution is -0.112. The van der Waals surface area contributed by atoms with E-state index in [9.17, 15) is 4.79 Å². The largest absolute Gasteiger partial charge is 0.375 e. The van der Waals surface area contributed by atoms with Crippen molar-refractivity contribution in [2.45, 2.75) is 0 Å². The van der Waals surface area contributed by atoms with Gasteiger partial charge in [0.25, 0.3) is 5.91 Å². The molecule has 0 aromatic heterocycles. The summed E-state index contributed by atoms with van der Waals surface area (Å²) in [5.74, 6) is -0.586. The molecule has 0 heterocycles. The van der Waals surface area contributed by atoms with E-state index in [1.54, 1.807) is 7.05 Å². The number of likely N-dealkylation sites (N-methyl/N-ethyl adjacent to an activating group) is 1. The molecule has 0 aromatic carbocycles. The zero-order valence-electron chi connectivity index (χ0n) is 3.89. The molecule has 0 unspecified atom stereocenters. The second kappa shape index (κ2) is 2.52. The van der Waals surface area contributed by atoms with Crippen LogP contribution in [-0.4, -0.2) is 17.9 Å². The topological polar surface area (TPSA) is 55.1 Å². The highest BCUT2D eigenvalue weighted by atomic mass is 32.1. The van der Waals surface area contributed by atoms with Crippen LogP contribution in [0.25, 0.3) is 0 Å². The minimum absolute atomic E-state index is 0.0694. The van der Waals surface area contributed by atoms with Gasteiger partial charge < -0.3 is 11.1 Å². The molecule has 0 saturated heterocycles. The summed E-state index contributed by atoms with van der Waals surface area (Å²) in [7, 11) is 1.55. The Labute approximate surface area is 46.9 Å². The standard InChI is InChI=1S/C3H6N2OS/c1-5-3(7)2(4)6/h1H3,(H2,4,6)(H,5,7). The van der Waals surface area contributed by atoms with E-state index < -0.39 is 5.91 Å². The quantitative estimate of drug-likeness (QED) is 0.402. The Balaban J connectivity index is 3.58. The minimum atomic E-state index is -0.586. The third kappa shape index (κ3) is 2.11. The molecule has 1 amide bonds. The third-order valence-corrected chi connectivity index (χ3v) is 0.856. The first-order chi connectivity index (χ1) is 3.18. The van der Waals surface area contributed by atoms with Gasteiger partial charge in [0.1, 0.15) is 0 Å². The van der Waals surface area contributed by atoms with E-state index >= 15 is 0 Å². The molecule has 0 atom stereocenters. The van der Waals surface area contributed by atoms with Crippen molar-refractivity contribution in [1.82, 2.24) is 5.32 Å². The summed E-state index contributed by atoms with van der Waals surface area (Å²) in [4.78, 5) is 10.0. The van der Waals surface area contributed by atoms with Crippen LogP contribution in [0.1, 0.15) is 0 Å². The summed E-state index contributed by atoms with van der Waals surface area (Å²) in [6.07, 6.45) is 0. The fraction of sp³-hybridized carbons (Fsp3) is 0.333. The fourth-order valence-corrected chi connectivity index (χ4v) is 0.123. The second-order valence-electron chi connectivity index (χ2n) is 0.943. The van der Waals surface area contributed by atoms with Gasteiger partial charge in [0, 0.05) is 7.05 Å². The Bertz CT molecular complexity index is 101. The number of primary amides is 1. The van der Waals surface area contributed by atoms with Crippen molar-refractivity contribution < 1.29 is 4.79 Å². The van der Waals surface area contributed by atoms with Crippen molar-refractivity contribution in [3.05, 3.63) is 0 Å². The van der Waals surface area contributed by atoms with Crippen LogP contribution in [-0.2, 0) is 4.79 Å². The lowest BCUT2D eigenvalue weighted by Crippen LogP contribution is -2.31. The van der Waals surface area contributed by atoms with Crippen molar-refractivity contribution in [1.29, 1.82) is 0 Å². The Kier molecular flexibility index (Phi) is 2.29. The van der Waals surface area contributed by atoms with Gasteiger partial charge in [0.05, 0.1) is 0 Å². The summed E-state index contributed by atoms with van der Waals surface area (Å²) in [5.41, 5.74) is 4.70. The monoisotopic (exact) mass is 118 g/mol. The molecule has 40 valence electrons. The summed E-state index contributed by atoms with van der Waals surface area (Å²) in [5, 5.41) is 2.42. The van der Waals surface area contributed by atoms with Crippen LogP contribution < -0.4 is 11.1 Å². The number of thiocarbonyl (C=S) groups is 1. The highest BCUT2D eigenvalue weighted by molar-refractivity contribution is 7.82. The first-order valence-electron chi connectivity index (χ1n) is 1.70. The van der Waals surface area contributed by atoms with E-state index in [1.807, 2.05) is 0 Å². The molecule has 3 nitrogen and oxygen atoms in total. The van der Waals surface area contributed by atoms with Crippen LogP contribution in [0.5, 0.6) is 0 Å². The first kappa shape index (κ1) is 6.36. The lowest BCUT2D eigenvalue weighted by atomic mass is 10.6. The Hall–Kier alpha value is -0.640. The van der Waals surface area contributed by atoms with Crippen molar-refractivity contribution in [2.75, 3.05) is 7.05 Å². The molecule has 0 aromatic rings.